The topological polar surface area (TPSA) is 99.2 Å². The van der Waals surface area contributed by atoms with E-state index in [4.69, 9.17) is 8.92 Å². The Balaban J connectivity index is 3.23. The van der Waals surface area contributed by atoms with Gasteiger partial charge in [-0.15, -0.1) is 11.8 Å². The summed E-state index contributed by atoms with van der Waals surface area (Å²) in [5, 5.41) is 0. The SMILES string of the molecule is COC(=O)/C=C/[C@H](OS(C)(=O)=O)[C@H](/C=C/[C@@H]1CSC(C)(C)N1C(=O)OC(C)(C)C)C(C)C. The molecule has 10 heteroatoms. The lowest BCUT2D eigenvalue weighted by Gasteiger charge is -2.35. The number of hydrogen-bond acceptors (Lipinski definition) is 8. The fourth-order valence-electron chi connectivity index (χ4n) is 3.28. The number of methoxy groups -OCH3 is 1. The normalized spacial score (nSPS) is 21.3. The van der Waals surface area contributed by atoms with Gasteiger partial charge in [0.1, 0.15) is 11.7 Å². The molecule has 0 bridgehead atoms. The van der Waals surface area contributed by atoms with E-state index >= 15 is 0 Å². The second kappa shape index (κ2) is 11.1. The predicted octanol–water partition coefficient (Wildman–Crippen LogP) is 3.98. The highest BCUT2D eigenvalue weighted by atomic mass is 32.2. The lowest BCUT2D eigenvalue weighted by atomic mass is 9.89. The molecule has 32 heavy (non-hydrogen) atoms. The number of ether oxygens (including phenoxy) is 2. The molecule has 0 aromatic rings. The summed E-state index contributed by atoms with van der Waals surface area (Å²) in [6, 6.07) is -0.241. The Labute approximate surface area is 196 Å². The van der Waals surface area contributed by atoms with Crippen molar-refractivity contribution in [2.75, 3.05) is 19.1 Å². The van der Waals surface area contributed by atoms with Crippen LogP contribution >= 0.6 is 11.8 Å². The zero-order valence-corrected chi connectivity index (χ0v) is 22.1. The van der Waals surface area contributed by atoms with Crippen LogP contribution in [0.15, 0.2) is 24.3 Å². The minimum atomic E-state index is -3.78. The summed E-state index contributed by atoms with van der Waals surface area (Å²) in [6.07, 6.45) is 5.94. The lowest BCUT2D eigenvalue weighted by molar-refractivity contribution is -0.134. The van der Waals surface area contributed by atoms with Crippen LogP contribution in [-0.4, -0.2) is 67.1 Å². The molecule has 1 saturated heterocycles. The summed E-state index contributed by atoms with van der Waals surface area (Å²) in [5.74, 6) is -0.329. The van der Waals surface area contributed by atoms with Crippen LogP contribution in [0.25, 0.3) is 0 Å². The van der Waals surface area contributed by atoms with Crippen LogP contribution < -0.4 is 0 Å². The number of rotatable bonds is 8. The van der Waals surface area contributed by atoms with Gasteiger partial charge < -0.3 is 9.47 Å². The molecule has 1 heterocycles. The summed E-state index contributed by atoms with van der Waals surface area (Å²) in [5.41, 5.74) is -0.623. The van der Waals surface area contributed by atoms with E-state index < -0.39 is 38.8 Å². The first kappa shape index (κ1) is 28.5. The molecule has 0 N–H and O–H groups in total. The number of esters is 1. The third-order valence-electron chi connectivity index (χ3n) is 4.72. The number of thioether (sulfide) groups is 1. The van der Waals surface area contributed by atoms with Crippen LogP contribution in [0.5, 0.6) is 0 Å². The molecule has 1 aliphatic heterocycles. The largest absolute Gasteiger partial charge is 0.466 e. The average Bonchev–Trinajstić information content (AvgIpc) is 2.90. The Morgan fingerprint density at radius 3 is 2.25 bits per heavy atom. The van der Waals surface area contributed by atoms with Gasteiger partial charge >= 0.3 is 12.1 Å². The van der Waals surface area contributed by atoms with Gasteiger partial charge in [0.25, 0.3) is 10.1 Å². The summed E-state index contributed by atoms with van der Waals surface area (Å²) in [4.78, 5) is 25.7. The van der Waals surface area contributed by atoms with E-state index in [1.54, 1.807) is 16.7 Å². The maximum Gasteiger partial charge on any atom is 0.411 e. The van der Waals surface area contributed by atoms with Crippen molar-refractivity contribution >= 4 is 33.9 Å². The molecule has 0 aromatic carbocycles. The van der Waals surface area contributed by atoms with Crippen molar-refractivity contribution in [3.63, 3.8) is 0 Å². The molecule has 184 valence electrons. The van der Waals surface area contributed by atoms with Crippen molar-refractivity contribution in [3.05, 3.63) is 24.3 Å². The van der Waals surface area contributed by atoms with Gasteiger partial charge in [0.15, 0.2) is 0 Å². The van der Waals surface area contributed by atoms with Gasteiger partial charge in [0, 0.05) is 17.7 Å². The van der Waals surface area contributed by atoms with Crippen molar-refractivity contribution in [2.45, 2.75) is 71.1 Å². The second-order valence-corrected chi connectivity index (χ2v) is 12.8. The monoisotopic (exact) mass is 491 g/mol. The summed E-state index contributed by atoms with van der Waals surface area (Å²) in [7, 11) is -2.54. The van der Waals surface area contributed by atoms with Gasteiger partial charge in [0.2, 0.25) is 0 Å². The van der Waals surface area contributed by atoms with Gasteiger partial charge in [-0.2, -0.15) is 8.42 Å². The van der Waals surface area contributed by atoms with Crippen LogP contribution in [0.3, 0.4) is 0 Å². The fourth-order valence-corrected chi connectivity index (χ4v) is 5.06. The van der Waals surface area contributed by atoms with Gasteiger partial charge in [-0.05, 0) is 46.6 Å². The maximum atomic E-state index is 12.9. The second-order valence-electron chi connectivity index (χ2n) is 9.53. The number of carbonyl (C=O) groups excluding carboxylic acids is 2. The summed E-state index contributed by atoms with van der Waals surface area (Å²) in [6.45, 7) is 13.2. The van der Waals surface area contributed by atoms with Crippen LogP contribution in [0, 0.1) is 11.8 Å². The Bertz CT molecular complexity index is 826. The first-order chi connectivity index (χ1) is 14.5. The van der Waals surface area contributed by atoms with Crippen LogP contribution in [0.2, 0.25) is 0 Å². The highest BCUT2D eigenvalue weighted by Crippen LogP contribution is 2.40. The predicted molar refractivity (Wildman–Crippen MR) is 127 cm³/mol. The lowest BCUT2D eigenvalue weighted by Crippen LogP contribution is -2.48. The van der Waals surface area contributed by atoms with Gasteiger partial charge in [-0.25, -0.2) is 9.59 Å². The molecule has 0 aromatic heterocycles. The Morgan fingerprint density at radius 2 is 1.78 bits per heavy atom. The third-order valence-corrected chi connectivity index (χ3v) is 6.71. The third kappa shape index (κ3) is 9.15. The first-order valence-corrected chi connectivity index (χ1v) is 13.3. The van der Waals surface area contributed by atoms with Crippen molar-refractivity contribution < 1.29 is 31.7 Å². The zero-order chi connectivity index (χ0) is 24.9. The van der Waals surface area contributed by atoms with E-state index in [0.717, 1.165) is 12.3 Å². The Hall–Kier alpha value is -1.52. The van der Waals surface area contributed by atoms with Gasteiger partial charge in [-0.1, -0.05) is 26.0 Å². The van der Waals surface area contributed by atoms with E-state index in [-0.39, 0.29) is 17.9 Å². The molecule has 1 aliphatic rings. The number of nitrogens with zero attached hydrogens (tertiary/aromatic N) is 1. The molecule has 0 spiro atoms. The van der Waals surface area contributed by atoms with Crippen LogP contribution in [0.4, 0.5) is 4.79 Å². The van der Waals surface area contributed by atoms with Gasteiger partial charge in [-0.3, -0.25) is 9.08 Å². The Kier molecular flexibility index (Phi) is 9.86. The molecule has 0 aliphatic carbocycles. The molecule has 0 saturated carbocycles. The minimum Gasteiger partial charge on any atom is -0.466 e. The number of amides is 1. The molecule has 1 amide bonds. The Morgan fingerprint density at radius 1 is 1.19 bits per heavy atom. The van der Waals surface area contributed by atoms with Crippen molar-refractivity contribution in [1.29, 1.82) is 0 Å². The van der Waals surface area contributed by atoms with Crippen molar-refractivity contribution in [1.82, 2.24) is 4.90 Å². The van der Waals surface area contributed by atoms with E-state index in [2.05, 4.69) is 4.74 Å². The smallest absolute Gasteiger partial charge is 0.411 e. The minimum absolute atomic E-state index is 0.0164. The molecule has 8 nitrogen and oxygen atoms in total. The number of carbonyl (C=O) groups is 2. The van der Waals surface area contributed by atoms with E-state index in [9.17, 15) is 18.0 Å². The molecule has 1 fully saturated rings. The average molecular weight is 492 g/mol. The molecule has 1 rings (SSSR count). The van der Waals surface area contributed by atoms with E-state index in [1.807, 2.05) is 60.6 Å². The van der Waals surface area contributed by atoms with Gasteiger partial charge in [0.05, 0.1) is 24.3 Å². The molecule has 3 atom stereocenters. The highest BCUT2D eigenvalue weighted by Gasteiger charge is 2.44. The molecule has 0 radical (unpaired) electrons. The van der Waals surface area contributed by atoms with Crippen molar-refractivity contribution in [2.24, 2.45) is 11.8 Å². The standard InChI is InChI=1S/C22H37NO7S2/c1-15(2)17(18(30-32(9,26)27)12-13-19(24)28-8)11-10-16-14-31-22(6,7)23(16)20(25)29-21(3,4)5/h10-13,15-18H,14H2,1-9H3/b11-10+,13-12+/t16-,17-,18+/m1/s1. The highest BCUT2D eigenvalue weighted by molar-refractivity contribution is 8.00. The zero-order valence-electron chi connectivity index (χ0n) is 20.4. The molecular formula is C22H37NO7S2. The quantitative estimate of drug-likeness (QED) is 0.218. The van der Waals surface area contributed by atoms with Crippen LogP contribution in [0.1, 0.15) is 48.5 Å². The first-order valence-electron chi connectivity index (χ1n) is 10.5. The van der Waals surface area contributed by atoms with Crippen molar-refractivity contribution in [3.8, 4) is 0 Å². The summed E-state index contributed by atoms with van der Waals surface area (Å²) >= 11 is 1.64. The van der Waals surface area contributed by atoms with E-state index in [0.29, 0.717) is 5.75 Å². The number of hydrogen-bond donors (Lipinski definition) is 0. The summed E-state index contributed by atoms with van der Waals surface area (Å²) < 4.78 is 39.1. The molecule has 0 unspecified atom stereocenters. The van der Waals surface area contributed by atoms with Crippen LogP contribution in [-0.2, 0) is 28.6 Å². The fraction of sp³-hybridized carbons (Fsp3) is 0.727. The molecular weight excluding hydrogens is 454 g/mol. The van der Waals surface area contributed by atoms with E-state index in [1.165, 1.54) is 13.2 Å². The maximum absolute atomic E-state index is 12.9.